The summed E-state index contributed by atoms with van der Waals surface area (Å²) < 4.78 is 24.5. The van der Waals surface area contributed by atoms with E-state index in [0.717, 1.165) is 0 Å². The van der Waals surface area contributed by atoms with Crippen LogP contribution in [0.15, 0.2) is 35.2 Å². The molecule has 1 saturated heterocycles. The molecule has 1 aromatic rings. The lowest BCUT2D eigenvalue weighted by Crippen LogP contribution is -2.61. The van der Waals surface area contributed by atoms with Gasteiger partial charge in [0, 0.05) is 32.1 Å². The maximum atomic E-state index is 12.4. The van der Waals surface area contributed by atoms with Crippen molar-refractivity contribution in [1.82, 2.24) is 9.80 Å². The van der Waals surface area contributed by atoms with E-state index >= 15 is 0 Å². The van der Waals surface area contributed by atoms with Gasteiger partial charge in [-0.15, -0.1) is 0 Å². The molecule has 8 heteroatoms. The van der Waals surface area contributed by atoms with Gasteiger partial charge in [-0.2, -0.15) is 0 Å². The molecule has 7 nitrogen and oxygen atoms in total. The summed E-state index contributed by atoms with van der Waals surface area (Å²) in [6.45, 7) is 5.34. The number of nitrogens with zero attached hydrogens (tertiary/aromatic N) is 2. The summed E-state index contributed by atoms with van der Waals surface area (Å²) in [6.07, 6.45) is 0.390. The molecule has 2 amide bonds. The van der Waals surface area contributed by atoms with Crippen LogP contribution in [0.25, 0.3) is 0 Å². The Morgan fingerprint density at radius 3 is 2.42 bits per heavy atom. The Morgan fingerprint density at radius 1 is 1.19 bits per heavy atom. The summed E-state index contributed by atoms with van der Waals surface area (Å²) in [5, 5.41) is 0. The molecule has 1 heterocycles. The largest absolute Gasteiger partial charge is 0.368 e. The predicted molar refractivity (Wildman–Crippen MR) is 99.1 cm³/mol. The molecule has 2 N–H and O–H groups in total. The normalized spacial score (nSPS) is 18.9. The minimum atomic E-state index is -3.38. The predicted octanol–water partition coefficient (Wildman–Crippen LogP) is 0.647. The Kier molecular flexibility index (Phi) is 6.77. The van der Waals surface area contributed by atoms with Crippen LogP contribution in [0.4, 0.5) is 0 Å². The summed E-state index contributed by atoms with van der Waals surface area (Å²) in [5.41, 5.74) is 5.48. The van der Waals surface area contributed by atoms with E-state index in [4.69, 9.17) is 5.73 Å². The Bertz CT molecular complexity index is 734. The average molecular weight is 381 g/mol. The van der Waals surface area contributed by atoms with E-state index in [2.05, 4.69) is 0 Å². The molecule has 2 rings (SSSR count). The second-order valence-electron chi connectivity index (χ2n) is 6.82. The third-order valence-corrected chi connectivity index (χ3v) is 6.49. The first-order valence-corrected chi connectivity index (χ1v) is 10.5. The zero-order chi connectivity index (χ0) is 19.3. The molecule has 1 aliphatic rings. The number of carbonyl (C=O) groups is 2. The van der Waals surface area contributed by atoms with Crippen LogP contribution in [-0.2, 0) is 19.4 Å². The Hall–Kier alpha value is -1.93. The van der Waals surface area contributed by atoms with Crippen molar-refractivity contribution in [3.63, 3.8) is 0 Å². The van der Waals surface area contributed by atoms with Gasteiger partial charge in [-0.25, -0.2) is 8.42 Å². The summed E-state index contributed by atoms with van der Waals surface area (Å²) >= 11 is 0. The second kappa shape index (κ2) is 8.64. The van der Waals surface area contributed by atoms with Crippen molar-refractivity contribution in [2.24, 2.45) is 5.73 Å². The van der Waals surface area contributed by atoms with Gasteiger partial charge in [0.05, 0.1) is 10.6 Å². The number of carbonyl (C=O) groups excluding carboxylic acids is 2. The molecule has 0 aliphatic carbocycles. The average Bonchev–Trinajstić information content (AvgIpc) is 2.61. The first kappa shape index (κ1) is 20.4. The summed E-state index contributed by atoms with van der Waals surface area (Å²) in [6, 6.07) is 7.89. The second-order valence-corrected chi connectivity index (χ2v) is 8.93. The smallest absolute Gasteiger partial charge is 0.236 e. The number of hydrogen-bond donors (Lipinski definition) is 1. The Labute approximate surface area is 155 Å². The number of primary amides is 1. The van der Waals surface area contributed by atoms with Crippen molar-refractivity contribution in [2.75, 3.05) is 25.4 Å². The van der Waals surface area contributed by atoms with Gasteiger partial charge < -0.3 is 10.6 Å². The standard InChI is InChI=1S/C18H27N3O4S/c1-14(2)21-11-10-20(13-16(21)18(19)23)17(22)9-6-12-26(24,25)15-7-4-3-5-8-15/h3-5,7-8,14,16H,6,9-13H2,1-2H3,(H2,19,23). The molecule has 26 heavy (non-hydrogen) atoms. The molecule has 0 aromatic heterocycles. The number of sulfone groups is 1. The molecule has 1 atom stereocenters. The maximum absolute atomic E-state index is 12.4. The van der Waals surface area contributed by atoms with Gasteiger partial charge in [-0.3, -0.25) is 14.5 Å². The fourth-order valence-corrected chi connectivity index (χ4v) is 4.54. The lowest BCUT2D eigenvalue weighted by molar-refractivity contribution is -0.138. The monoisotopic (exact) mass is 381 g/mol. The summed E-state index contributed by atoms with van der Waals surface area (Å²) in [4.78, 5) is 28.0. The van der Waals surface area contributed by atoms with Gasteiger partial charge in [-0.1, -0.05) is 18.2 Å². The molecule has 0 spiro atoms. The van der Waals surface area contributed by atoms with E-state index in [1.54, 1.807) is 35.2 Å². The van der Waals surface area contributed by atoms with Crippen molar-refractivity contribution in [1.29, 1.82) is 0 Å². The molecule has 0 saturated carbocycles. The lowest BCUT2D eigenvalue weighted by Gasteiger charge is -2.42. The fourth-order valence-electron chi connectivity index (χ4n) is 3.21. The highest BCUT2D eigenvalue weighted by Gasteiger charge is 2.34. The van der Waals surface area contributed by atoms with Gasteiger partial charge in [-0.05, 0) is 32.4 Å². The molecular weight excluding hydrogens is 354 g/mol. The van der Waals surface area contributed by atoms with Crippen LogP contribution in [0.2, 0.25) is 0 Å². The minimum absolute atomic E-state index is 0.0754. The van der Waals surface area contributed by atoms with E-state index in [9.17, 15) is 18.0 Å². The molecule has 1 aliphatic heterocycles. The van der Waals surface area contributed by atoms with Crippen molar-refractivity contribution in [2.45, 2.75) is 43.7 Å². The van der Waals surface area contributed by atoms with E-state index in [1.807, 2.05) is 18.7 Å². The topological polar surface area (TPSA) is 101 Å². The number of benzene rings is 1. The minimum Gasteiger partial charge on any atom is -0.368 e. The van der Waals surface area contributed by atoms with Crippen LogP contribution in [0.3, 0.4) is 0 Å². The Balaban J connectivity index is 1.89. The van der Waals surface area contributed by atoms with Gasteiger partial charge in [0.15, 0.2) is 9.84 Å². The van der Waals surface area contributed by atoms with E-state index < -0.39 is 21.8 Å². The van der Waals surface area contributed by atoms with Crippen molar-refractivity contribution < 1.29 is 18.0 Å². The van der Waals surface area contributed by atoms with Gasteiger partial charge in [0.1, 0.15) is 6.04 Å². The highest BCUT2D eigenvalue weighted by Crippen LogP contribution is 2.16. The highest BCUT2D eigenvalue weighted by molar-refractivity contribution is 7.91. The van der Waals surface area contributed by atoms with E-state index in [1.165, 1.54) is 0 Å². The fraction of sp³-hybridized carbons (Fsp3) is 0.556. The first-order valence-electron chi connectivity index (χ1n) is 8.83. The number of nitrogens with two attached hydrogens (primary N) is 1. The molecule has 0 bridgehead atoms. The number of rotatable bonds is 7. The van der Waals surface area contributed by atoms with Crippen LogP contribution in [0, 0.1) is 0 Å². The van der Waals surface area contributed by atoms with Crippen LogP contribution in [0.1, 0.15) is 26.7 Å². The van der Waals surface area contributed by atoms with Gasteiger partial charge in [0.25, 0.3) is 0 Å². The highest BCUT2D eigenvalue weighted by atomic mass is 32.2. The quantitative estimate of drug-likeness (QED) is 0.747. The molecule has 1 unspecified atom stereocenters. The third kappa shape index (κ3) is 5.04. The Morgan fingerprint density at radius 2 is 1.85 bits per heavy atom. The van der Waals surface area contributed by atoms with Crippen LogP contribution in [-0.4, -0.2) is 67.5 Å². The number of hydrogen-bond acceptors (Lipinski definition) is 5. The first-order chi connectivity index (χ1) is 12.2. The van der Waals surface area contributed by atoms with Crippen LogP contribution in [0.5, 0.6) is 0 Å². The van der Waals surface area contributed by atoms with Gasteiger partial charge in [0.2, 0.25) is 11.8 Å². The maximum Gasteiger partial charge on any atom is 0.236 e. The molecule has 0 radical (unpaired) electrons. The lowest BCUT2D eigenvalue weighted by atomic mass is 10.1. The van der Waals surface area contributed by atoms with E-state index in [0.29, 0.717) is 13.1 Å². The zero-order valence-corrected chi connectivity index (χ0v) is 16.1. The number of amides is 2. The number of piperazine rings is 1. The summed E-state index contributed by atoms with van der Waals surface area (Å²) in [7, 11) is -3.38. The van der Waals surface area contributed by atoms with Gasteiger partial charge >= 0.3 is 0 Å². The summed E-state index contributed by atoms with van der Waals surface area (Å²) in [5.74, 6) is -0.653. The van der Waals surface area contributed by atoms with Crippen molar-refractivity contribution in [3.8, 4) is 0 Å². The molecule has 1 aromatic carbocycles. The van der Waals surface area contributed by atoms with Crippen molar-refractivity contribution >= 4 is 21.7 Å². The van der Waals surface area contributed by atoms with Crippen LogP contribution < -0.4 is 5.73 Å². The third-order valence-electron chi connectivity index (χ3n) is 4.67. The molecule has 1 fully saturated rings. The zero-order valence-electron chi connectivity index (χ0n) is 15.3. The van der Waals surface area contributed by atoms with E-state index in [-0.39, 0.29) is 42.0 Å². The molecule has 144 valence electrons. The van der Waals surface area contributed by atoms with Crippen molar-refractivity contribution in [3.05, 3.63) is 30.3 Å². The SMILES string of the molecule is CC(C)N1CCN(C(=O)CCCS(=O)(=O)c2ccccc2)CC1C(N)=O. The molecular formula is C18H27N3O4S. The van der Waals surface area contributed by atoms with Crippen LogP contribution >= 0.6 is 0 Å².